The van der Waals surface area contributed by atoms with Gasteiger partial charge in [0.1, 0.15) is 77.0 Å². The molecule has 5 heterocycles. The Hall–Kier alpha value is -7.05. The van der Waals surface area contributed by atoms with Gasteiger partial charge in [-0.1, -0.05) is 34.5 Å². The number of nitrogens with zero attached hydrogens (tertiary/aromatic N) is 7. The monoisotopic (exact) mass is 1120 g/mol. The number of benzene rings is 3. The number of halogens is 7. The minimum Gasteiger partial charge on any atom is -0.483 e. The molecule has 5 aromatic rings. The lowest BCUT2D eigenvalue weighted by molar-refractivity contribution is -0.223. The Morgan fingerprint density at radius 2 is 1.62 bits per heavy atom. The first-order chi connectivity index (χ1) is 36.7. The third-order valence-corrected chi connectivity index (χ3v) is 12.7. The molecule has 2 aromatic heterocycles. The largest absolute Gasteiger partial charge is 0.483 e. The average Bonchev–Trinajstić information content (AvgIpc) is 4.11. The third-order valence-electron chi connectivity index (χ3n) is 12.2. The third kappa shape index (κ3) is 12.5. The highest BCUT2D eigenvalue weighted by Crippen LogP contribution is 2.43. The molecule has 2 fully saturated rings. The molecule has 77 heavy (non-hydrogen) atoms. The highest BCUT2D eigenvalue weighted by Gasteiger charge is 2.51. The molecule has 6 atom stereocenters. The summed E-state index contributed by atoms with van der Waals surface area (Å²) in [5.41, 5.74) is -2.13. The molecule has 2 saturated heterocycles. The molecule has 1 unspecified atom stereocenters. The fourth-order valence-electron chi connectivity index (χ4n) is 8.63. The summed E-state index contributed by atoms with van der Waals surface area (Å²) >= 11 is 11.8. The molecule has 410 valence electrons. The predicted octanol–water partition coefficient (Wildman–Crippen LogP) is 2.60. The van der Waals surface area contributed by atoms with E-state index in [0.29, 0.717) is 0 Å². The van der Waals surface area contributed by atoms with Gasteiger partial charge in [-0.3, -0.25) is 39.0 Å². The van der Waals surface area contributed by atoms with Crippen molar-refractivity contribution in [2.75, 3.05) is 59.3 Å². The Kier molecular flexibility index (Phi) is 17.6. The number of alkyl halides is 3. The Bertz CT molecular complexity index is 3050. The van der Waals surface area contributed by atoms with Crippen LogP contribution in [0.15, 0.2) is 54.7 Å². The number of nitrogens with one attached hydrogen (secondary N) is 3. The molecule has 3 aromatic carbocycles. The van der Waals surface area contributed by atoms with Crippen LogP contribution < -0.4 is 20.7 Å². The quantitative estimate of drug-likeness (QED) is 0.0305. The van der Waals surface area contributed by atoms with Crippen molar-refractivity contribution in [1.82, 2.24) is 50.6 Å². The average molecular weight is 1120 g/mol. The van der Waals surface area contributed by atoms with Crippen LogP contribution in [-0.2, 0) is 44.3 Å². The molecule has 0 bridgehead atoms. The van der Waals surface area contributed by atoms with Crippen molar-refractivity contribution in [1.29, 1.82) is 0 Å². The molecule has 0 aliphatic carbocycles. The SMILES string of the molecule is Cc1nc([C@@H]2O[C@H](CO)[C@H](O)[C@H](n3cc(-c4cc(F)c(Cl)c(F)c4)nn3)[C@H]2OCC(=O)NCCOCCOCCNC(=O)COc2cccc3c2C(=O)N(C2CCC(=O)NC2=O)C3=O)n(-c2cc(Cl)ccc2C(F)(F)F)n1. The molecule has 3 aliphatic rings. The van der Waals surface area contributed by atoms with Crippen molar-refractivity contribution in [3.8, 4) is 22.7 Å². The summed E-state index contributed by atoms with van der Waals surface area (Å²) in [7, 11) is 0. The summed E-state index contributed by atoms with van der Waals surface area (Å²) < 4.78 is 103. The minimum atomic E-state index is -4.92. The maximum absolute atomic E-state index is 14.5. The number of hydrogen-bond donors (Lipinski definition) is 5. The number of imide groups is 2. The summed E-state index contributed by atoms with van der Waals surface area (Å²) in [6.45, 7) is -0.684. The number of aromatic nitrogens is 6. The summed E-state index contributed by atoms with van der Waals surface area (Å²) in [5, 5.41) is 40.6. The van der Waals surface area contributed by atoms with E-state index in [-0.39, 0.29) is 97.2 Å². The number of aliphatic hydroxyl groups excluding tert-OH is 2. The molecule has 3 aliphatic heterocycles. The van der Waals surface area contributed by atoms with E-state index in [1.165, 1.54) is 31.3 Å². The van der Waals surface area contributed by atoms with E-state index in [1.54, 1.807) is 0 Å². The van der Waals surface area contributed by atoms with E-state index < -0.39 is 126 Å². The van der Waals surface area contributed by atoms with Gasteiger partial charge < -0.3 is 44.5 Å². The fraction of sp³-hybridized carbons (Fsp3) is 0.404. The lowest BCUT2D eigenvalue weighted by Crippen LogP contribution is -2.54. The molecular formula is C47H45Cl2F5N10O13. The highest BCUT2D eigenvalue weighted by molar-refractivity contribution is 6.31. The minimum absolute atomic E-state index is 0.0159. The van der Waals surface area contributed by atoms with E-state index in [0.717, 1.165) is 44.6 Å². The zero-order valence-electron chi connectivity index (χ0n) is 40.1. The topological polar surface area (TPSA) is 290 Å². The lowest BCUT2D eigenvalue weighted by Gasteiger charge is -2.43. The van der Waals surface area contributed by atoms with Crippen LogP contribution in [0.2, 0.25) is 10.0 Å². The fourth-order valence-corrected chi connectivity index (χ4v) is 8.91. The maximum atomic E-state index is 14.5. The van der Waals surface area contributed by atoms with E-state index in [1.807, 2.05) is 0 Å². The van der Waals surface area contributed by atoms with Gasteiger partial charge in [0.2, 0.25) is 17.7 Å². The summed E-state index contributed by atoms with van der Waals surface area (Å²) in [4.78, 5) is 81.2. The van der Waals surface area contributed by atoms with Gasteiger partial charge in [-0.25, -0.2) is 23.1 Å². The number of carbonyl (C=O) groups is 6. The van der Waals surface area contributed by atoms with E-state index in [9.17, 15) is 60.9 Å². The Morgan fingerprint density at radius 1 is 0.935 bits per heavy atom. The van der Waals surface area contributed by atoms with Crippen molar-refractivity contribution in [2.45, 2.75) is 62.4 Å². The van der Waals surface area contributed by atoms with Crippen molar-refractivity contribution < 1.29 is 84.6 Å². The van der Waals surface area contributed by atoms with Gasteiger partial charge in [-0.05, 0) is 55.8 Å². The van der Waals surface area contributed by atoms with E-state index in [2.05, 4.69) is 36.3 Å². The van der Waals surface area contributed by atoms with Crippen LogP contribution in [-0.4, -0.2) is 164 Å². The van der Waals surface area contributed by atoms with Gasteiger partial charge in [-0.2, -0.15) is 18.3 Å². The van der Waals surface area contributed by atoms with Crippen LogP contribution in [0.25, 0.3) is 16.9 Å². The van der Waals surface area contributed by atoms with Crippen LogP contribution in [0.5, 0.6) is 5.75 Å². The van der Waals surface area contributed by atoms with Crippen molar-refractivity contribution in [3.63, 3.8) is 0 Å². The summed E-state index contributed by atoms with van der Waals surface area (Å²) in [6.07, 6.45) is -10.3. The van der Waals surface area contributed by atoms with Gasteiger partial charge in [0.25, 0.3) is 17.7 Å². The van der Waals surface area contributed by atoms with Crippen LogP contribution in [0, 0.1) is 18.6 Å². The van der Waals surface area contributed by atoms with E-state index >= 15 is 0 Å². The molecule has 0 saturated carbocycles. The maximum Gasteiger partial charge on any atom is 0.418 e. The van der Waals surface area contributed by atoms with Gasteiger partial charge in [-0.15, -0.1) is 5.10 Å². The zero-order valence-corrected chi connectivity index (χ0v) is 41.6. The second-order valence-electron chi connectivity index (χ2n) is 17.3. The number of rotatable bonds is 21. The second-order valence-corrected chi connectivity index (χ2v) is 18.1. The predicted molar refractivity (Wildman–Crippen MR) is 252 cm³/mol. The van der Waals surface area contributed by atoms with Crippen molar-refractivity contribution in [2.24, 2.45) is 0 Å². The number of aliphatic hydroxyl groups is 2. The number of aryl methyl sites for hydroxylation is 1. The van der Waals surface area contributed by atoms with Crippen LogP contribution in [0.1, 0.15) is 62.9 Å². The molecular weight excluding hydrogens is 1080 g/mol. The molecule has 0 radical (unpaired) electrons. The summed E-state index contributed by atoms with van der Waals surface area (Å²) in [5.74, 6) is -6.82. The van der Waals surface area contributed by atoms with Crippen LogP contribution >= 0.6 is 23.2 Å². The molecule has 0 spiro atoms. The molecule has 8 rings (SSSR count). The molecule has 5 N–H and O–H groups in total. The van der Waals surface area contributed by atoms with E-state index in [4.69, 9.17) is 46.9 Å². The van der Waals surface area contributed by atoms with Gasteiger partial charge in [0.05, 0.1) is 61.6 Å². The first kappa shape index (κ1) is 56.2. The van der Waals surface area contributed by atoms with Crippen LogP contribution in [0.3, 0.4) is 0 Å². The Morgan fingerprint density at radius 3 is 2.29 bits per heavy atom. The molecule has 23 nitrogen and oxygen atoms in total. The Labute approximate surface area is 441 Å². The first-order valence-corrected chi connectivity index (χ1v) is 24.1. The highest BCUT2D eigenvalue weighted by atomic mass is 35.5. The second kappa shape index (κ2) is 24.1. The number of hydrogen-bond acceptors (Lipinski definition) is 17. The van der Waals surface area contributed by atoms with Crippen molar-refractivity contribution in [3.05, 3.63) is 105 Å². The zero-order chi connectivity index (χ0) is 55.3. The van der Waals surface area contributed by atoms with Gasteiger partial charge >= 0.3 is 6.18 Å². The first-order valence-electron chi connectivity index (χ1n) is 23.3. The molecule has 6 amide bonds. The number of ether oxygens (including phenoxy) is 5. The Balaban J connectivity index is 0.841. The van der Waals surface area contributed by atoms with Crippen LogP contribution in [0.4, 0.5) is 22.0 Å². The lowest BCUT2D eigenvalue weighted by atomic mass is 9.91. The number of amides is 6. The summed E-state index contributed by atoms with van der Waals surface area (Å²) in [6, 6.07) is 6.08. The number of carbonyl (C=O) groups excluding carboxylic acids is 6. The molecule has 30 heteroatoms. The number of piperidine rings is 1. The van der Waals surface area contributed by atoms with Gasteiger partial charge in [0, 0.05) is 30.1 Å². The standard InChI is InChI=1S/C47H45Cl2F5N10O13/c1-22-57-43(64(60-22)31-17-24(48)5-6-26(31)47(52,53)54)42-41(39(40(69)33(19-65)77-42)62-18-29(59-61-62)23-15-27(50)38(49)28(51)16-23)76-21-36(68)56-10-12-74-14-13-73-11-9-55-35(67)20-75-32-4-2-3-25-37(32)46(72)63(45(25)71)30-7-8-34(66)58-44(30)70/h2-6,15-18,30,33,39-42,65,69H,7-14,19-21H2,1H3,(H,55,67)(H,56,68)(H,58,66,70)/t30?,33-,39+,40+,41-,42-/m1/s1. The smallest absolute Gasteiger partial charge is 0.418 e. The van der Waals surface area contributed by atoms with Gasteiger partial charge in [0.15, 0.2) is 12.4 Å². The van der Waals surface area contributed by atoms with Crippen molar-refractivity contribution >= 4 is 58.6 Å². The number of fused-ring (bicyclic) bond motifs is 1. The normalized spacial score (nSPS) is 20.6.